The van der Waals surface area contributed by atoms with E-state index in [0.29, 0.717) is 23.1 Å². The van der Waals surface area contributed by atoms with Crippen LogP contribution < -0.4 is 10.6 Å². The van der Waals surface area contributed by atoms with E-state index < -0.39 is 4.92 Å². The summed E-state index contributed by atoms with van der Waals surface area (Å²) < 4.78 is 0. The largest absolute Gasteiger partial charge is 0.381 e. The maximum Gasteiger partial charge on any atom is 0.269 e. The molecule has 0 aliphatic carbocycles. The van der Waals surface area contributed by atoms with Gasteiger partial charge in [0.2, 0.25) is 0 Å². The second kappa shape index (κ2) is 8.75. The molecule has 3 aromatic rings. The van der Waals surface area contributed by atoms with Gasteiger partial charge in [-0.25, -0.2) is 0 Å². The summed E-state index contributed by atoms with van der Waals surface area (Å²) in [6.07, 6.45) is 0. The SMILES string of the molecule is O=[N+]([O-])c1ccc(CNc2ccc(NCc3cccc(Cl)c3)cc2Cl)cc1. The number of hydrogen-bond donors (Lipinski definition) is 2. The van der Waals surface area contributed by atoms with Crippen molar-refractivity contribution in [2.45, 2.75) is 13.1 Å². The minimum Gasteiger partial charge on any atom is -0.381 e. The third kappa shape index (κ3) is 5.36. The Morgan fingerprint density at radius 2 is 1.59 bits per heavy atom. The predicted molar refractivity (Wildman–Crippen MR) is 111 cm³/mol. The Balaban J connectivity index is 1.58. The molecule has 0 aromatic heterocycles. The highest BCUT2D eigenvalue weighted by Crippen LogP contribution is 2.26. The summed E-state index contributed by atoms with van der Waals surface area (Å²) in [6.45, 7) is 1.17. The van der Waals surface area contributed by atoms with Crippen molar-refractivity contribution in [2.75, 3.05) is 10.6 Å². The molecule has 0 atom stereocenters. The van der Waals surface area contributed by atoms with E-state index in [2.05, 4.69) is 10.6 Å². The first kappa shape index (κ1) is 19.0. The van der Waals surface area contributed by atoms with Crippen molar-refractivity contribution >= 4 is 40.3 Å². The van der Waals surface area contributed by atoms with Gasteiger partial charge in [0.1, 0.15) is 0 Å². The van der Waals surface area contributed by atoms with Gasteiger partial charge in [-0.3, -0.25) is 10.1 Å². The van der Waals surface area contributed by atoms with Gasteiger partial charge < -0.3 is 10.6 Å². The van der Waals surface area contributed by atoms with E-state index in [0.717, 1.165) is 22.5 Å². The van der Waals surface area contributed by atoms with Crippen LogP contribution in [0.1, 0.15) is 11.1 Å². The summed E-state index contributed by atoms with van der Waals surface area (Å²) in [5.74, 6) is 0. The normalized spacial score (nSPS) is 10.4. The number of anilines is 2. The Morgan fingerprint density at radius 1 is 0.852 bits per heavy atom. The zero-order chi connectivity index (χ0) is 19.2. The molecule has 0 fully saturated rings. The minimum absolute atomic E-state index is 0.0758. The fraction of sp³-hybridized carbons (Fsp3) is 0.100. The summed E-state index contributed by atoms with van der Waals surface area (Å²) in [4.78, 5) is 10.3. The van der Waals surface area contributed by atoms with Crippen LogP contribution in [0.25, 0.3) is 0 Å². The molecule has 3 aromatic carbocycles. The Hall–Kier alpha value is -2.76. The molecule has 0 heterocycles. The number of rotatable bonds is 7. The summed E-state index contributed by atoms with van der Waals surface area (Å²) in [5, 5.41) is 18.5. The van der Waals surface area contributed by atoms with Crippen molar-refractivity contribution in [3.8, 4) is 0 Å². The van der Waals surface area contributed by atoms with Gasteiger partial charge in [0.05, 0.1) is 15.6 Å². The lowest BCUT2D eigenvalue weighted by atomic mass is 10.2. The molecule has 0 bridgehead atoms. The Labute approximate surface area is 167 Å². The molecule has 0 unspecified atom stereocenters. The highest BCUT2D eigenvalue weighted by Gasteiger charge is 2.05. The van der Waals surface area contributed by atoms with Crippen molar-refractivity contribution in [3.05, 3.63) is 98.0 Å². The maximum absolute atomic E-state index is 10.7. The maximum atomic E-state index is 10.7. The summed E-state index contributed by atoms with van der Waals surface area (Å²) >= 11 is 12.3. The van der Waals surface area contributed by atoms with E-state index in [1.165, 1.54) is 12.1 Å². The lowest BCUT2D eigenvalue weighted by Gasteiger charge is -2.12. The van der Waals surface area contributed by atoms with Crippen LogP contribution in [0.15, 0.2) is 66.7 Å². The number of nitro groups is 1. The van der Waals surface area contributed by atoms with Crippen LogP contribution in [0, 0.1) is 10.1 Å². The minimum atomic E-state index is -0.413. The smallest absolute Gasteiger partial charge is 0.269 e. The molecular formula is C20H17Cl2N3O2. The molecule has 0 radical (unpaired) electrons. The molecule has 0 saturated heterocycles. The van der Waals surface area contributed by atoms with E-state index in [-0.39, 0.29) is 5.69 Å². The molecule has 0 saturated carbocycles. The molecule has 138 valence electrons. The van der Waals surface area contributed by atoms with Crippen LogP contribution in [0.2, 0.25) is 10.0 Å². The van der Waals surface area contributed by atoms with Crippen molar-refractivity contribution in [1.29, 1.82) is 0 Å². The fourth-order valence-electron chi connectivity index (χ4n) is 2.55. The van der Waals surface area contributed by atoms with E-state index in [4.69, 9.17) is 23.2 Å². The van der Waals surface area contributed by atoms with E-state index >= 15 is 0 Å². The number of benzene rings is 3. The van der Waals surface area contributed by atoms with Gasteiger partial charge in [-0.15, -0.1) is 0 Å². The van der Waals surface area contributed by atoms with Crippen LogP contribution in [0.5, 0.6) is 0 Å². The first-order chi connectivity index (χ1) is 13.0. The Bertz CT molecular complexity index is 946. The van der Waals surface area contributed by atoms with Gasteiger partial charge in [0.25, 0.3) is 5.69 Å². The number of nitro benzene ring substituents is 1. The second-order valence-corrected chi connectivity index (χ2v) is 6.80. The number of nitrogens with one attached hydrogen (secondary N) is 2. The Kier molecular flexibility index (Phi) is 6.16. The average Bonchev–Trinajstić information content (AvgIpc) is 2.66. The summed E-state index contributed by atoms with van der Waals surface area (Å²) in [6, 6.07) is 19.8. The van der Waals surface area contributed by atoms with E-state index in [1.807, 2.05) is 42.5 Å². The molecule has 3 rings (SSSR count). The molecule has 2 N–H and O–H groups in total. The van der Waals surface area contributed by atoms with Crippen LogP contribution in [-0.4, -0.2) is 4.92 Å². The second-order valence-electron chi connectivity index (χ2n) is 5.96. The molecule has 5 nitrogen and oxygen atoms in total. The monoisotopic (exact) mass is 401 g/mol. The van der Waals surface area contributed by atoms with Crippen LogP contribution in [0.4, 0.5) is 17.1 Å². The van der Waals surface area contributed by atoms with Crippen LogP contribution in [-0.2, 0) is 13.1 Å². The number of nitrogens with zero attached hydrogens (tertiary/aromatic N) is 1. The van der Waals surface area contributed by atoms with Gasteiger partial charge in [-0.05, 0) is 41.5 Å². The predicted octanol–water partition coefficient (Wildman–Crippen LogP) is 6.13. The Morgan fingerprint density at radius 3 is 2.26 bits per heavy atom. The zero-order valence-corrected chi connectivity index (χ0v) is 15.8. The van der Waals surface area contributed by atoms with Crippen molar-refractivity contribution in [2.24, 2.45) is 0 Å². The standard InChI is InChI=1S/C20H17Cl2N3O2/c21-16-3-1-2-15(10-16)13-23-17-6-9-20(19(22)11-17)24-12-14-4-7-18(8-5-14)25(26)27/h1-11,23-24H,12-13H2. The summed E-state index contributed by atoms with van der Waals surface area (Å²) in [7, 11) is 0. The third-order valence-electron chi connectivity index (χ3n) is 3.98. The van der Waals surface area contributed by atoms with Crippen LogP contribution in [0.3, 0.4) is 0 Å². The van der Waals surface area contributed by atoms with Crippen LogP contribution >= 0.6 is 23.2 Å². The molecule has 0 amide bonds. The molecular weight excluding hydrogens is 385 g/mol. The summed E-state index contributed by atoms with van der Waals surface area (Å²) in [5.41, 5.74) is 3.79. The molecule has 27 heavy (non-hydrogen) atoms. The highest BCUT2D eigenvalue weighted by atomic mass is 35.5. The highest BCUT2D eigenvalue weighted by molar-refractivity contribution is 6.33. The zero-order valence-electron chi connectivity index (χ0n) is 14.3. The quantitative estimate of drug-likeness (QED) is 0.369. The van der Waals surface area contributed by atoms with Gasteiger partial charge in [0.15, 0.2) is 0 Å². The third-order valence-corrected chi connectivity index (χ3v) is 4.53. The number of non-ortho nitro benzene ring substituents is 1. The van der Waals surface area contributed by atoms with Gasteiger partial charge in [-0.1, -0.05) is 47.5 Å². The topological polar surface area (TPSA) is 67.2 Å². The molecule has 0 spiro atoms. The fourth-order valence-corrected chi connectivity index (χ4v) is 3.01. The molecule has 0 aliphatic heterocycles. The van der Waals surface area contributed by atoms with Gasteiger partial charge >= 0.3 is 0 Å². The average molecular weight is 402 g/mol. The van der Waals surface area contributed by atoms with Crippen molar-refractivity contribution in [3.63, 3.8) is 0 Å². The van der Waals surface area contributed by atoms with E-state index in [1.54, 1.807) is 12.1 Å². The van der Waals surface area contributed by atoms with Gasteiger partial charge in [-0.2, -0.15) is 0 Å². The molecule has 7 heteroatoms. The molecule has 0 aliphatic rings. The number of hydrogen-bond acceptors (Lipinski definition) is 4. The van der Waals surface area contributed by atoms with Crippen molar-refractivity contribution < 1.29 is 4.92 Å². The van der Waals surface area contributed by atoms with Gasteiger partial charge in [0, 0.05) is 35.9 Å². The lowest BCUT2D eigenvalue weighted by Crippen LogP contribution is -2.02. The lowest BCUT2D eigenvalue weighted by molar-refractivity contribution is -0.384. The van der Waals surface area contributed by atoms with Crippen molar-refractivity contribution in [1.82, 2.24) is 0 Å². The van der Waals surface area contributed by atoms with E-state index in [9.17, 15) is 10.1 Å². The first-order valence-corrected chi connectivity index (χ1v) is 9.02. The number of halogens is 2. The first-order valence-electron chi connectivity index (χ1n) is 8.26.